The van der Waals surface area contributed by atoms with Gasteiger partial charge in [-0.15, -0.1) is 0 Å². The molecule has 7 N–H and O–H groups in total. The molecule has 5 aromatic rings. The van der Waals surface area contributed by atoms with Crippen molar-refractivity contribution in [2.24, 2.45) is 0 Å². The van der Waals surface area contributed by atoms with E-state index in [1.54, 1.807) is 56.6 Å². The Kier molecular flexibility index (Phi) is 9.17. The van der Waals surface area contributed by atoms with E-state index in [9.17, 15) is 24.9 Å². The molecule has 0 spiro atoms. The second-order valence-corrected chi connectivity index (χ2v) is 13.7. The van der Waals surface area contributed by atoms with Crippen molar-refractivity contribution in [1.82, 2.24) is 9.97 Å². The van der Waals surface area contributed by atoms with Crippen LogP contribution in [0.15, 0.2) is 87.9 Å². The van der Waals surface area contributed by atoms with Crippen LogP contribution in [0.1, 0.15) is 78.2 Å². The van der Waals surface area contributed by atoms with Gasteiger partial charge in [0.25, 0.3) is 0 Å². The molecule has 0 saturated heterocycles. The molecule has 0 fully saturated rings. The van der Waals surface area contributed by atoms with Crippen LogP contribution in [0, 0.1) is 0 Å². The molecule has 7 rings (SSSR count). The third-order valence-corrected chi connectivity index (χ3v) is 10.4. The van der Waals surface area contributed by atoms with Crippen molar-refractivity contribution in [2.45, 2.75) is 70.2 Å². The Morgan fingerprint density at radius 1 is 1.13 bits per heavy atom. The number of nitrogen functional groups attached to an aromatic ring is 2. The van der Waals surface area contributed by atoms with Gasteiger partial charge in [-0.05, 0) is 74.6 Å². The zero-order chi connectivity index (χ0) is 37.6. The van der Waals surface area contributed by atoms with Crippen LogP contribution in [0.4, 0.5) is 11.6 Å². The fourth-order valence-corrected chi connectivity index (χ4v) is 7.37. The van der Waals surface area contributed by atoms with Crippen LogP contribution in [0.5, 0.6) is 17.2 Å². The first-order valence-electron chi connectivity index (χ1n) is 17.3. The van der Waals surface area contributed by atoms with Gasteiger partial charge < -0.3 is 40.7 Å². The lowest BCUT2D eigenvalue weighted by molar-refractivity contribution is -0.158. The number of nitrogens with two attached hydrogens (primary N) is 2. The van der Waals surface area contributed by atoms with Crippen LogP contribution >= 0.6 is 0 Å². The summed E-state index contributed by atoms with van der Waals surface area (Å²) >= 11 is 0. The zero-order valence-electron chi connectivity index (χ0n) is 29.5. The Balaban J connectivity index is 1.51. The van der Waals surface area contributed by atoms with Crippen molar-refractivity contribution in [3.8, 4) is 17.2 Å². The number of anilines is 2. The Bertz CT molecular complexity index is 2370. The number of ether oxygens (including phenoxy) is 2. The second kappa shape index (κ2) is 13.8. The number of benzene rings is 2. The van der Waals surface area contributed by atoms with Crippen LogP contribution < -0.4 is 21.6 Å². The van der Waals surface area contributed by atoms with Crippen LogP contribution in [-0.2, 0) is 29.0 Å². The highest BCUT2D eigenvalue weighted by Crippen LogP contribution is 2.55. The smallest absolute Gasteiger partial charge is 0.333 e. The molecule has 0 radical (unpaired) electrons. The molecular weight excluding hydrogens is 676 g/mol. The highest BCUT2D eigenvalue weighted by atomic mass is 16.6. The minimum absolute atomic E-state index is 0.00475. The number of rotatable bonds is 8. The largest absolute Gasteiger partial charge is 0.508 e. The quantitative estimate of drug-likeness (QED) is 0.0955. The summed E-state index contributed by atoms with van der Waals surface area (Å²) in [4.78, 5) is 35.7. The van der Waals surface area contributed by atoms with Gasteiger partial charge in [-0.25, -0.2) is 14.8 Å². The summed E-state index contributed by atoms with van der Waals surface area (Å²) in [6, 6.07) is 13.4. The van der Waals surface area contributed by atoms with Gasteiger partial charge in [0.2, 0.25) is 0 Å². The molecular formula is C41H40N4O8. The number of aryl methyl sites for hydroxylation is 1. The van der Waals surface area contributed by atoms with Crippen LogP contribution in [0.25, 0.3) is 17.0 Å². The number of hydrogen-bond acceptors (Lipinski definition) is 12. The van der Waals surface area contributed by atoms with E-state index in [0.717, 1.165) is 22.8 Å². The van der Waals surface area contributed by atoms with E-state index in [1.807, 2.05) is 37.3 Å². The van der Waals surface area contributed by atoms with Crippen LogP contribution in [0.2, 0.25) is 0 Å². The number of aliphatic hydroxyl groups excluding tert-OH is 1. The summed E-state index contributed by atoms with van der Waals surface area (Å²) in [5, 5.41) is 32.6. The Labute approximate surface area is 305 Å². The molecule has 272 valence electrons. The molecule has 4 heterocycles. The summed E-state index contributed by atoms with van der Waals surface area (Å²) in [5.41, 5.74) is 14.6. The van der Waals surface area contributed by atoms with Crippen LogP contribution in [0.3, 0.4) is 0 Å². The maximum Gasteiger partial charge on any atom is 0.333 e. The van der Waals surface area contributed by atoms with Gasteiger partial charge in [-0.3, -0.25) is 4.79 Å². The van der Waals surface area contributed by atoms with E-state index in [4.69, 9.17) is 25.4 Å². The van der Waals surface area contributed by atoms with Gasteiger partial charge in [0.15, 0.2) is 5.43 Å². The third kappa shape index (κ3) is 6.35. The molecule has 12 nitrogen and oxygen atoms in total. The Morgan fingerprint density at radius 2 is 1.94 bits per heavy atom. The summed E-state index contributed by atoms with van der Waals surface area (Å²) in [6.07, 6.45) is 8.65. The number of nitrogens with zero attached hydrogens (tertiary/aromatic N) is 2. The second-order valence-electron chi connectivity index (χ2n) is 13.7. The number of fused-ring (bicyclic) bond motifs is 3. The normalized spacial score (nSPS) is 20.8. The van der Waals surface area contributed by atoms with Gasteiger partial charge in [-0.2, -0.15) is 0 Å². The number of pyridine rings is 2. The predicted molar refractivity (Wildman–Crippen MR) is 199 cm³/mol. The number of carbonyl (C=O) groups is 1. The molecule has 12 heteroatoms. The molecule has 0 bridgehead atoms. The molecule has 0 amide bonds. The molecule has 4 atom stereocenters. The van der Waals surface area contributed by atoms with E-state index in [2.05, 4.69) is 9.97 Å². The van der Waals surface area contributed by atoms with Crippen molar-refractivity contribution < 1.29 is 34.0 Å². The van der Waals surface area contributed by atoms with Gasteiger partial charge >= 0.3 is 5.97 Å². The Morgan fingerprint density at radius 3 is 2.66 bits per heavy atom. The van der Waals surface area contributed by atoms with Crippen molar-refractivity contribution in [3.63, 3.8) is 0 Å². The van der Waals surface area contributed by atoms with Crippen molar-refractivity contribution >= 4 is 34.7 Å². The van der Waals surface area contributed by atoms with E-state index < -0.39 is 41.5 Å². The number of carbonyl (C=O) groups excluding carboxylic acids is 1. The minimum Gasteiger partial charge on any atom is -0.508 e. The predicted octanol–water partition coefficient (Wildman–Crippen LogP) is 5.80. The number of esters is 1. The first-order valence-corrected chi connectivity index (χ1v) is 17.3. The lowest BCUT2D eigenvalue weighted by Crippen LogP contribution is -2.52. The molecule has 1 aliphatic carbocycles. The van der Waals surface area contributed by atoms with Gasteiger partial charge in [-0.1, -0.05) is 36.4 Å². The molecule has 0 saturated carbocycles. The fraction of sp³-hybridized carbons (Fsp3) is 0.268. The average Bonchev–Trinajstić information content (AvgIpc) is 3.14. The highest BCUT2D eigenvalue weighted by Gasteiger charge is 2.48. The number of phenolic OH excluding ortho intramolecular Hbond substituents is 2. The summed E-state index contributed by atoms with van der Waals surface area (Å²) in [5.74, 6) is -1.12. The van der Waals surface area contributed by atoms with Gasteiger partial charge in [0.05, 0.1) is 0 Å². The molecule has 2 aromatic carbocycles. The lowest BCUT2D eigenvalue weighted by Gasteiger charge is -2.44. The number of aromatic hydroxyl groups is 2. The number of phenols is 2. The van der Waals surface area contributed by atoms with E-state index in [0.29, 0.717) is 35.4 Å². The minimum atomic E-state index is -1.19. The number of aromatic nitrogens is 2. The molecule has 1 aliphatic heterocycles. The highest BCUT2D eigenvalue weighted by molar-refractivity contribution is 5.92. The molecule has 2 aliphatic rings. The zero-order valence-corrected chi connectivity index (χ0v) is 29.5. The van der Waals surface area contributed by atoms with Gasteiger partial charge in [0.1, 0.15) is 63.9 Å². The monoisotopic (exact) mass is 716 g/mol. The van der Waals surface area contributed by atoms with E-state index in [1.165, 1.54) is 0 Å². The van der Waals surface area contributed by atoms with E-state index in [-0.39, 0.29) is 51.8 Å². The number of hydrogen-bond donors (Lipinski definition) is 5. The third-order valence-electron chi connectivity index (χ3n) is 10.4. The summed E-state index contributed by atoms with van der Waals surface area (Å²) in [7, 11) is 0. The molecule has 3 aromatic heterocycles. The first-order chi connectivity index (χ1) is 25.4. The fourth-order valence-electron chi connectivity index (χ4n) is 7.37. The number of aliphatic hydroxyl groups is 1. The van der Waals surface area contributed by atoms with Crippen molar-refractivity contribution in [1.29, 1.82) is 0 Å². The summed E-state index contributed by atoms with van der Waals surface area (Å²) < 4.78 is 19.5. The topological polar surface area (TPSA) is 204 Å². The van der Waals surface area contributed by atoms with Crippen molar-refractivity contribution in [2.75, 3.05) is 11.5 Å². The number of allylic oxidation sites excluding steroid dienone is 2. The average molecular weight is 717 g/mol. The molecule has 53 heavy (non-hydrogen) atoms. The Hall–Kier alpha value is -6.14. The van der Waals surface area contributed by atoms with Crippen LogP contribution in [-0.4, -0.2) is 43.0 Å². The summed E-state index contributed by atoms with van der Waals surface area (Å²) in [6.45, 7) is 4.66. The SMILES string of the molecule is C/C=C(/C)C(=O)O[C@@H]1Cc2c(c([C@@H]3c4ccnc(N)c4C=C[C@H]3c3cccc(O)c3)c3oc(CO)cc(=O)c3c2O)O[C@@]1(C)CCc1ccc(N)nc1. The standard InChI is InChI=1S/C41H40N4O8/c1-4-21(2)40(50)52-31-18-29-36(49)34-30(48)17-25(20-46)51-38(34)35(37(29)53-41(31,3)14-12-22-8-11-32(42)45-19-22)33-26(23-6-5-7-24(47)16-23)9-10-28-27(33)13-15-44-39(28)43/h4-11,13,15-17,19,26,31,33,46-47,49H,12,14,18,20H2,1-3H3,(H2,42,45)(H2,43,44)/b21-4-/t26-,31+,33-,41-/m0/s1. The van der Waals surface area contributed by atoms with Crippen molar-refractivity contribution in [3.05, 3.63) is 128 Å². The maximum absolute atomic E-state index is 13.8. The maximum atomic E-state index is 13.8. The molecule has 0 unspecified atom stereocenters. The van der Waals surface area contributed by atoms with E-state index >= 15 is 0 Å². The van der Waals surface area contributed by atoms with Gasteiger partial charge in [0, 0.05) is 59.0 Å². The lowest BCUT2D eigenvalue weighted by atomic mass is 9.71. The first kappa shape index (κ1) is 35.3.